The van der Waals surface area contributed by atoms with Crippen LogP contribution in [0.25, 0.3) is 5.65 Å². The molecule has 234 valence electrons. The third-order valence-electron chi connectivity index (χ3n) is 7.28. The molecule has 0 bridgehead atoms. The number of carbonyl (C=O) groups is 2. The van der Waals surface area contributed by atoms with Crippen molar-refractivity contribution in [2.24, 2.45) is 0 Å². The van der Waals surface area contributed by atoms with Gasteiger partial charge in [-0.05, 0) is 51.7 Å². The molecule has 2 N–H and O–H groups in total. The average molecular weight is 596 g/mol. The lowest BCUT2D eigenvalue weighted by molar-refractivity contribution is -0.132. The maximum atomic E-state index is 12.8. The lowest BCUT2D eigenvalue weighted by Crippen LogP contribution is -2.52. The predicted octanol–water partition coefficient (Wildman–Crippen LogP) is 3.47. The van der Waals surface area contributed by atoms with Gasteiger partial charge in [-0.1, -0.05) is 26.3 Å². The summed E-state index contributed by atoms with van der Waals surface area (Å²) < 4.78 is 13.1. The fourth-order valence-corrected chi connectivity index (χ4v) is 5.05. The number of ether oxygens (including phenoxy) is 2. The number of aromatic nitrogens is 5. The van der Waals surface area contributed by atoms with Gasteiger partial charge in [-0.25, -0.2) is 19.3 Å². The first-order valence-corrected chi connectivity index (χ1v) is 15.0. The van der Waals surface area contributed by atoms with Crippen molar-refractivity contribution in [3.8, 4) is 6.01 Å². The number of nitrogens with two attached hydrogens (primary N) is 1. The quantitative estimate of drug-likeness (QED) is 0.370. The zero-order valence-electron chi connectivity index (χ0n) is 26.5. The van der Waals surface area contributed by atoms with Crippen molar-refractivity contribution in [2.75, 3.05) is 50.4 Å². The summed E-state index contributed by atoms with van der Waals surface area (Å²) in [5.74, 6) is 1.07. The van der Waals surface area contributed by atoms with Crippen LogP contribution in [0.4, 0.5) is 16.4 Å². The molecule has 0 radical (unpaired) electrons. The van der Waals surface area contributed by atoms with Crippen LogP contribution in [0.1, 0.15) is 70.7 Å². The Morgan fingerprint density at radius 1 is 1.12 bits per heavy atom. The second-order valence-electron chi connectivity index (χ2n) is 12.1. The number of nitrogens with zero attached hydrogens (tertiary/aromatic N) is 8. The van der Waals surface area contributed by atoms with E-state index < -0.39 is 11.7 Å². The number of pyridine rings is 1. The number of hydrogen-bond donors (Lipinski definition) is 1. The Hall–Kier alpha value is -4.16. The first-order chi connectivity index (χ1) is 20.4. The molecule has 1 aliphatic heterocycles. The normalized spacial score (nSPS) is 14.6. The summed E-state index contributed by atoms with van der Waals surface area (Å²) in [6.07, 6.45) is 6.50. The van der Waals surface area contributed by atoms with Crippen LogP contribution in [0, 0.1) is 6.92 Å². The maximum absolute atomic E-state index is 12.8. The van der Waals surface area contributed by atoms with E-state index in [2.05, 4.69) is 39.9 Å². The molecule has 1 aliphatic rings. The van der Waals surface area contributed by atoms with Gasteiger partial charge < -0.3 is 29.9 Å². The van der Waals surface area contributed by atoms with Crippen LogP contribution < -0.4 is 15.4 Å². The molecule has 4 rings (SSSR count). The first-order valence-electron chi connectivity index (χ1n) is 15.0. The zero-order chi connectivity index (χ0) is 31.3. The van der Waals surface area contributed by atoms with Crippen LogP contribution in [-0.4, -0.2) is 97.8 Å². The van der Waals surface area contributed by atoms with Gasteiger partial charge in [0.2, 0.25) is 5.91 Å². The lowest BCUT2D eigenvalue weighted by atomic mass is 10.1. The molecule has 13 heteroatoms. The smallest absolute Gasteiger partial charge is 0.410 e. The van der Waals surface area contributed by atoms with Gasteiger partial charge in [-0.2, -0.15) is 4.98 Å². The molecule has 4 heterocycles. The summed E-state index contributed by atoms with van der Waals surface area (Å²) in [6, 6.07) is 2.37. The van der Waals surface area contributed by atoms with E-state index in [1.807, 2.05) is 13.1 Å². The Balaban J connectivity index is 1.38. The van der Waals surface area contributed by atoms with Crippen molar-refractivity contribution >= 4 is 29.3 Å². The van der Waals surface area contributed by atoms with E-state index in [-0.39, 0.29) is 30.4 Å². The standard InChI is InChI=1S/C30H45N9O4/c1-8-10-23(9-2)42-28-34-25(31)27-33-18-22(39(27)35-28)16-21-15-20(3)26(32-17-21)38-13-11-37(12-14-38)24(40)19-36(7)29(41)43-30(4,5)6/h15,17-18,23H,8-14,16,19H2,1-7H3,(H2,31,34,35). The van der Waals surface area contributed by atoms with Crippen molar-refractivity contribution in [3.05, 3.63) is 35.3 Å². The molecule has 43 heavy (non-hydrogen) atoms. The van der Waals surface area contributed by atoms with E-state index in [1.54, 1.807) is 43.4 Å². The topological polar surface area (TPSA) is 144 Å². The fraction of sp³-hybridized carbons (Fsp3) is 0.600. The van der Waals surface area contributed by atoms with Crippen molar-refractivity contribution in [1.82, 2.24) is 34.4 Å². The summed E-state index contributed by atoms with van der Waals surface area (Å²) in [5, 5.41) is 4.59. The van der Waals surface area contributed by atoms with E-state index in [0.717, 1.165) is 41.9 Å². The number of nitrogen functional groups attached to an aromatic ring is 1. The highest BCUT2D eigenvalue weighted by Gasteiger charge is 2.26. The van der Waals surface area contributed by atoms with Gasteiger partial charge in [0.25, 0.3) is 0 Å². The number of aryl methyl sites for hydroxylation is 1. The van der Waals surface area contributed by atoms with Crippen molar-refractivity contribution < 1.29 is 19.1 Å². The van der Waals surface area contributed by atoms with Crippen LogP contribution in [-0.2, 0) is 16.0 Å². The predicted molar refractivity (Wildman–Crippen MR) is 164 cm³/mol. The van der Waals surface area contributed by atoms with E-state index in [0.29, 0.717) is 38.2 Å². The molecule has 13 nitrogen and oxygen atoms in total. The van der Waals surface area contributed by atoms with E-state index in [9.17, 15) is 9.59 Å². The van der Waals surface area contributed by atoms with Gasteiger partial charge in [-0.3, -0.25) is 4.79 Å². The van der Waals surface area contributed by atoms with Crippen LogP contribution in [0.3, 0.4) is 0 Å². The minimum Gasteiger partial charge on any atom is -0.459 e. The van der Waals surface area contributed by atoms with Gasteiger partial charge >= 0.3 is 12.1 Å². The van der Waals surface area contributed by atoms with Gasteiger partial charge in [0.05, 0.1) is 11.9 Å². The third-order valence-corrected chi connectivity index (χ3v) is 7.28. The van der Waals surface area contributed by atoms with Crippen LogP contribution in [0.15, 0.2) is 18.5 Å². The molecular weight excluding hydrogens is 550 g/mol. The Labute approximate surface area is 253 Å². The van der Waals surface area contributed by atoms with Crippen LogP contribution in [0.5, 0.6) is 6.01 Å². The molecule has 0 saturated carbocycles. The number of rotatable bonds is 10. The van der Waals surface area contributed by atoms with Gasteiger partial charge in [0.15, 0.2) is 11.5 Å². The SMILES string of the molecule is CCCC(CC)Oc1nc(N)c2ncc(Cc3cnc(N4CCN(C(=O)CN(C)C(=O)OC(C)(C)C)CC4)c(C)c3)n2n1. The molecule has 1 atom stereocenters. The number of imidazole rings is 1. The molecule has 1 fully saturated rings. The molecule has 1 unspecified atom stereocenters. The number of piperazine rings is 1. The molecule has 0 aliphatic carbocycles. The maximum Gasteiger partial charge on any atom is 0.410 e. The number of fused-ring (bicyclic) bond motifs is 1. The highest BCUT2D eigenvalue weighted by Crippen LogP contribution is 2.23. The van der Waals surface area contributed by atoms with Crippen LogP contribution >= 0.6 is 0 Å². The van der Waals surface area contributed by atoms with E-state index in [4.69, 9.17) is 20.2 Å². The number of amides is 2. The zero-order valence-corrected chi connectivity index (χ0v) is 26.5. The summed E-state index contributed by atoms with van der Waals surface area (Å²) in [5.41, 5.74) is 8.99. The Morgan fingerprint density at radius 2 is 1.84 bits per heavy atom. The molecular formula is C30H45N9O4. The van der Waals surface area contributed by atoms with E-state index >= 15 is 0 Å². The summed E-state index contributed by atoms with van der Waals surface area (Å²) in [7, 11) is 1.58. The van der Waals surface area contributed by atoms with E-state index in [1.165, 1.54) is 4.90 Å². The Morgan fingerprint density at radius 3 is 2.47 bits per heavy atom. The lowest BCUT2D eigenvalue weighted by Gasteiger charge is -2.36. The summed E-state index contributed by atoms with van der Waals surface area (Å²) in [4.78, 5) is 43.9. The molecule has 3 aromatic heterocycles. The minimum atomic E-state index is -0.611. The summed E-state index contributed by atoms with van der Waals surface area (Å²) in [6.45, 7) is 14.0. The molecule has 3 aromatic rings. The molecule has 1 saturated heterocycles. The highest BCUT2D eigenvalue weighted by atomic mass is 16.6. The van der Waals surface area contributed by atoms with Gasteiger partial charge in [-0.15, -0.1) is 5.10 Å². The molecule has 2 amide bonds. The largest absolute Gasteiger partial charge is 0.459 e. The Kier molecular flexibility index (Phi) is 9.92. The molecule has 0 aromatic carbocycles. The van der Waals surface area contributed by atoms with Crippen molar-refractivity contribution in [2.45, 2.75) is 78.9 Å². The first kappa shape index (κ1) is 31.8. The van der Waals surface area contributed by atoms with Crippen LogP contribution in [0.2, 0.25) is 0 Å². The van der Waals surface area contributed by atoms with Crippen molar-refractivity contribution in [3.63, 3.8) is 0 Å². The number of carbonyl (C=O) groups excluding carboxylic acids is 2. The third kappa shape index (κ3) is 8.02. The number of likely N-dealkylation sites (N-methyl/N-ethyl adjacent to an activating group) is 1. The summed E-state index contributed by atoms with van der Waals surface area (Å²) >= 11 is 0. The Bertz CT molecular complexity index is 1430. The molecule has 0 spiro atoms. The van der Waals surface area contributed by atoms with Gasteiger partial charge in [0.1, 0.15) is 24.1 Å². The van der Waals surface area contributed by atoms with Gasteiger partial charge in [0, 0.05) is 45.8 Å². The average Bonchev–Trinajstić information content (AvgIpc) is 3.35. The second kappa shape index (κ2) is 13.4. The highest BCUT2D eigenvalue weighted by molar-refractivity contribution is 5.82. The fourth-order valence-electron chi connectivity index (χ4n) is 5.05. The minimum absolute atomic E-state index is 0.0215. The monoisotopic (exact) mass is 595 g/mol. The number of anilines is 2. The second-order valence-corrected chi connectivity index (χ2v) is 12.1. The number of hydrogen-bond acceptors (Lipinski definition) is 10. The van der Waals surface area contributed by atoms with Crippen molar-refractivity contribution in [1.29, 1.82) is 0 Å².